The number of amides is 1. The van der Waals surface area contributed by atoms with Crippen molar-refractivity contribution in [3.63, 3.8) is 0 Å². The topological polar surface area (TPSA) is 89.5 Å². The molecule has 0 radical (unpaired) electrons. The average molecular weight is 466 g/mol. The van der Waals surface area contributed by atoms with Crippen molar-refractivity contribution in [1.82, 2.24) is 5.01 Å². The molecule has 4 rings (SSSR count). The third-order valence-electron chi connectivity index (χ3n) is 5.76. The maximum absolute atomic E-state index is 12.7. The number of rotatable bonds is 8. The molecule has 1 unspecified atom stereocenters. The number of fused-ring (bicyclic) bond motifs is 1. The number of anilines is 1. The van der Waals surface area contributed by atoms with Gasteiger partial charge in [-0.3, -0.25) is 14.6 Å². The molecule has 1 atom stereocenters. The van der Waals surface area contributed by atoms with E-state index in [0.717, 1.165) is 42.8 Å². The lowest BCUT2D eigenvalue weighted by Gasteiger charge is -2.25. The van der Waals surface area contributed by atoms with Crippen LogP contribution in [0.4, 0.5) is 5.69 Å². The van der Waals surface area contributed by atoms with Crippen molar-refractivity contribution < 1.29 is 23.8 Å². The number of benzene rings is 2. The largest absolute Gasteiger partial charge is 0.493 e. The number of hydrazone groups is 1. The molecule has 1 N–H and O–H groups in total. The van der Waals surface area contributed by atoms with E-state index in [9.17, 15) is 9.59 Å². The average Bonchev–Trinajstić information content (AvgIpc) is 2.87. The van der Waals surface area contributed by atoms with E-state index in [1.807, 2.05) is 42.3 Å². The van der Waals surface area contributed by atoms with Crippen LogP contribution >= 0.6 is 0 Å². The molecule has 1 amide bonds. The summed E-state index contributed by atoms with van der Waals surface area (Å²) in [5.74, 6) is 0.471. The minimum Gasteiger partial charge on any atom is -0.493 e. The van der Waals surface area contributed by atoms with Crippen LogP contribution in [0.1, 0.15) is 41.3 Å². The number of nitrogens with one attached hydrogen (secondary N) is 1. The first-order valence-electron chi connectivity index (χ1n) is 11.8. The first-order valence-corrected chi connectivity index (χ1v) is 11.8. The second-order valence-corrected chi connectivity index (χ2v) is 8.51. The van der Waals surface area contributed by atoms with Gasteiger partial charge in [0, 0.05) is 23.2 Å². The molecule has 0 saturated carbocycles. The summed E-state index contributed by atoms with van der Waals surface area (Å²) in [7, 11) is 0. The van der Waals surface area contributed by atoms with E-state index >= 15 is 0 Å². The van der Waals surface area contributed by atoms with Gasteiger partial charge >= 0.3 is 5.97 Å². The molecular weight excluding hydrogens is 434 g/mol. The van der Waals surface area contributed by atoms with Crippen LogP contribution in [0.15, 0.2) is 47.6 Å². The maximum Gasteiger partial charge on any atom is 0.306 e. The molecule has 0 bridgehead atoms. The van der Waals surface area contributed by atoms with Crippen molar-refractivity contribution >= 4 is 23.8 Å². The number of nitrogens with zero attached hydrogens (tertiary/aromatic N) is 2. The standard InChI is InChI=1S/C26H31N3O5/c1-2-11-33-25(30)15-20-14-22-7-8-23(16-24(22)34-18-20)28-26(31)21-5-3-19(4-6-21)17-27-29-9-12-32-13-10-29/h3-8,16-17,20H,2,9-15,18H2,1H3,(H,28,31). The van der Waals surface area contributed by atoms with Crippen LogP contribution in [0.25, 0.3) is 0 Å². The third-order valence-corrected chi connectivity index (χ3v) is 5.76. The number of morpholine rings is 1. The van der Waals surface area contributed by atoms with E-state index in [-0.39, 0.29) is 17.8 Å². The maximum atomic E-state index is 12.7. The van der Waals surface area contributed by atoms with Gasteiger partial charge in [0.1, 0.15) is 5.75 Å². The Hall–Kier alpha value is -3.39. The van der Waals surface area contributed by atoms with Gasteiger partial charge in [-0.15, -0.1) is 0 Å². The fourth-order valence-electron chi connectivity index (χ4n) is 3.90. The zero-order valence-corrected chi connectivity index (χ0v) is 19.5. The zero-order chi connectivity index (χ0) is 23.8. The molecule has 8 heteroatoms. The molecule has 2 aromatic rings. The molecule has 0 aliphatic carbocycles. The van der Waals surface area contributed by atoms with Crippen LogP contribution in [0.5, 0.6) is 5.75 Å². The van der Waals surface area contributed by atoms with Gasteiger partial charge in [-0.25, -0.2) is 0 Å². The second kappa shape index (κ2) is 11.7. The summed E-state index contributed by atoms with van der Waals surface area (Å²) in [6.07, 6.45) is 3.71. The van der Waals surface area contributed by atoms with Crippen LogP contribution in [0, 0.1) is 5.92 Å². The Balaban J connectivity index is 1.30. The summed E-state index contributed by atoms with van der Waals surface area (Å²) in [4.78, 5) is 24.6. The quantitative estimate of drug-likeness (QED) is 0.474. The molecule has 2 aromatic carbocycles. The molecule has 2 heterocycles. The number of hydrogen-bond donors (Lipinski definition) is 1. The Labute approximate surface area is 199 Å². The molecule has 1 saturated heterocycles. The molecular formula is C26H31N3O5. The lowest BCUT2D eigenvalue weighted by Crippen LogP contribution is -2.32. The SMILES string of the molecule is CCCOC(=O)CC1COc2cc(NC(=O)c3ccc(C=NN4CCOCC4)cc3)ccc2C1. The Morgan fingerprint density at radius 3 is 2.74 bits per heavy atom. The summed E-state index contributed by atoms with van der Waals surface area (Å²) < 4.78 is 16.4. The summed E-state index contributed by atoms with van der Waals surface area (Å²) in [6, 6.07) is 13.0. The minimum absolute atomic E-state index is 0.0996. The highest BCUT2D eigenvalue weighted by Gasteiger charge is 2.23. The molecule has 34 heavy (non-hydrogen) atoms. The first-order chi connectivity index (χ1) is 16.6. The normalized spacial score (nSPS) is 17.7. The van der Waals surface area contributed by atoms with Crippen molar-refractivity contribution in [1.29, 1.82) is 0 Å². The van der Waals surface area contributed by atoms with Gasteiger partial charge in [-0.05, 0) is 42.2 Å². The summed E-state index contributed by atoms with van der Waals surface area (Å²) in [5, 5.41) is 9.36. The summed E-state index contributed by atoms with van der Waals surface area (Å²) in [5.41, 5.74) is 3.19. The second-order valence-electron chi connectivity index (χ2n) is 8.51. The van der Waals surface area contributed by atoms with E-state index in [2.05, 4.69) is 10.4 Å². The predicted octanol–water partition coefficient (Wildman–Crippen LogP) is 3.50. The van der Waals surface area contributed by atoms with Crippen LogP contribution in [-0.2, 0) is 20.7 Å². The number of ether oxygens (including phenoxy) is 3. The van der Waals surface area contributed by atoms with Crippen molar-refractivity contribution in [2.24, 2.45) is 11.0 Å². The molecule has 180 valence electrons. The van der Waals surface area contributed by atoms with Crippen molar-refractivity contribution in [3.8, 4) is 5.75 Å². The van der Waals surface area contributed by atoms with Gasteiger partial charge in [-0.1, -0.05) is 25.1 Å². The Morgan fingerprint density at radius 1 is 1.18 bits per heavy atom. The lowest BCUT2D eigenvalue weighted by molar-refractivity contribution is -0.145. The van der Waals surface area contributed by atoms with Gasteiger partial charge < -0.3 is 19.5 Å². The van der Waals surface area contributed by atoms with Crippen LogP contribution in [0.2, 0.25) is 0 Å². The molecule has 2 aliphatic rings. The molecule has 1 fully saturated rings. The highest BCUT2D eigenvalue weighted by atomic mass is 16.5. The van der Waals surface area contributed by atoms with Crippen molar-refractivity contribution in [2.75, 3.05) is 44.8 Å². The van der Waals surface area contributed by atoms with Crippen molar-refractivity contribution in [3.05, 3.63) is 59.2 Å². The van der Waals surface area contributed by atoms with E-state index in [1.54, 1.807) is 18.3 Å². The minimum atomic E-state index is -0.191. The Kier molecular flexibility index (Phi) is 8.14. The van der Waals surface area contributed by atoms with E-state index < -0.39 is 0 Å². The third kappa shape index (κ3) is 6.57. The van der Waals surface area contributed by atoms with E-state index in [4.69, 9.17) is 14.2 Å². The van der Waals surface area contributed by atoms with Gasteiger partial charge in [0.05, 0.1) is 52.2 Å². The summed E-state index contributed by atoms with van der Waals surface area (Å²) >= 11 is 0. The number of hydrogen-bond acceptors (Lipinski definition) is 7. The number of carbonyl (C=O) groups is 2. The fraction of sp³-hybridized carbons (Fsp3) is 0.423. The molecule has 0 aromatic heterocycles. The van der Waals surface area contributed by atoms with Gasteiger partial charge in [0.2, 0.25) is 0 Å². The highest BCUT2D eigenvalue weighted by molar-refractivity contribution is 6.04. The predicted molar refractivity (Wildman–Crippen MR) is 129 cm³/mol. The zero-order valence-electron chi connectivity index (χ0n) is 19.5. The summed E-state index contributed by atoms with van der Waals surface area (Å²) in [6.45, 7) is 5.84. The van der Waals surface area contributed by atoms with Crippen LogP contribution in [0.3, 0.4) is 0 Å². The van der Waals surface area contributed by atoms with E-state index in [0.29, 0.717) is 44.1 Å². The van der Waals surface area contributed by atoms with Gasteiger partial charge in [-0.2, -0.15) is 5.10 Å². The lowest BCUT2D eigenvalue weighted by atomic mass is 9.94. The molecule has 0 spiro atoms. The monoisotopic (exact) mass is 465 g/mol. The van der Waals surface area contributed by atoms with Crippen LogP contribution in [-0.4, -0.2) is 62.6 Å². The number of esters is 1. The van der Waals surface area contributed by atoms with Crippen LogP contribution < -0.4 is 10.1 Å². The smallest absolute Gasteiger partial charge is 0.306 e. The van der Waals surface area contributed by atoms with Gasteiger partial charge in [0.15, 0.2) is 0 Å². The number of carbonyl (C=O) groups excluding carboxylic acids is 2. The first kappa shape index (κ1) is 23.8. The van der Waals surface area contributed by atoms with E-state index in [1.165, 1.54) is 0 Å². The van der Waals surface area contributed by atoms with Gasteiger partial charge in [0.25, 0.3) is 5.91 Å². The fourth-order valence-corrected chi connectivity index (χ4v) is 3.90. The molecule has 8 nitrogen and oxygen atoms in total. The Bertz CT molecular complexity index is 1020. The Morgan fingerprint density at radius 2 is 1.97 bits per heavy atom. The molecule has 2 aliphatic heterocycles. The van der Waals surface area contributed by atoms with Crippen molar-refractivity contribution in [2.45, 2.75) is 26.2 Å². The highest BCUT2D eigenvalue weighted by Crippen LogP contribution is 2.31.